The summed E-state index contributed by atoms with van der Waals surface area (Å²) >= 11 is 1.41. The Morgan fingerprint density at radius 3 is 2.18 bits per heavy atom. The van der Waals surface area contributed by atoms with Gasteiger partial charge < -0.3 is 20.6 Å². The molecule has 264 valence electrons. The molecule has 2 fully saturated rings. The second kappa shape index (κ2) is 16.7. The fraction of sp³-hybridized carbons (Fsp3) is 0.564. The number of carbonyl (C=O) groups is 3. The first kappa shape index (κ1) is 36.5. The van der Waals surface area contributed by atoms with Crippen molar-refractivity contribution in [2.24, 2.45) is 17.8 Å². The maximum atomic E-state index is 13.2. The van der Waals surface area contributed by atoms with Gasteiger partial charge in [0.2, 0.25) is 5.91 Å². The van der Waals surface area contributed by atoms with Gasteiger partial charge in [-0.1, -0.05) is 77.6 Å². The van der Waals surface area contributed by atoms with E-state index < -0.39 is 17.9 Å². The van der Waals surface area contributed by atoms with E-state index in [0.29, 0.717) is 10.7 Å². The van der Waals surface area contributed by atoms with Gasteiger partial charge in [0.15, 0.2) is 5.82 Å². The smallest absolute Gasteiger partial charge is 0.305 e. The third kappa shape index (κ3) is 10.1. The van der Waals surface area contributed by atoms with Crippen LogP contribution in [-0.4, -0.2) is 58.5 Å². The molecule has 2 amide bonds. The Morgan fingerprint density at radius 1 is 0.939 bits per heavy atom. The van der Waals surface area contributed by atoms with Crippen molar-refractivity contribution in [1.29, 1.82) is 0 Å². The van der Waals surface area contributed by atoms with Crippen LogP contribution in [0.1, 0.15) is 106 Å². The summed E-state index contributed by atoms with van der Waals surface area (Å²) in [6.45, 7) is 10.7. The van der Waals surface area contributed by atoms with Gasteiger partial charge in [0.05, 0.1) is 29.4 Å². The molecule has 3 heterocycles. The van der Waals surface area contributed by atoms with Crippen LogP contribution in [0.5, 0.6) is 0 Å². The highest BCUT2D eigenvalue weighted by Gasteiger charge is 2.30. The molecule has 1 aliphatic carbocycles. The lowest BCUT2D eigenvalue weighted by Crippen LogP contribution is -2.48. The largest absolute Gasteiger partial charge is 0.481 e. The summed E-state index contributed by atoms with van der Waals surface area (Å²) in [5, 5.41) is 14.5. The second-order valence-electron chi connectivity index (χ2n) is 14.9. The Bertz CT molecular complexity index is 1530. The second-order valence-corrected chi connectivity index (χ2v) is 16.0. The first-order valence-electron chi connectivity index (χ1n) is 18.1. The number of benzene rings is 1. The molecule has 0 unspecified atom stereocenters. The molecule has 2 aromatic heterocycles. The Hall–Kier alpha value is -3.79. The molecule has 3 aromatic rings. The van der Waals surface area contributed by atoms with Crippen LogP contribution in [0.15, 0.2) is 48.8 Å². The van der Waals surface area contributed by atoms with Crippen LogP contribution in [0.2, 0.25) is 0 Å². The van der Waals surface area contributed by atoms with Crippen LogP contribution < -0.4 is 15.5 Å². The van der Waals surface area contributed by atoms with Crippen molar-refractivity contribution in [3.8, 4) is 11.4 Å². The van der Waals surface area contributed by atoms with Gasteiger partial charge in [-0.3, -0.25) is 14.4 Å². The maximum Gasteiger partial charge on any atom is 0.305 e. The summed E-state index contributed by atoms with van der Waals surface area (Å²) < 4.78 is 0. The molecule has 0 bridgehead atoms. The predicted molar refractivity (Wildman–Crippen MR) is 196 cm³/mol. The van der Waals surface area contributed by atoms with Gasteiger partial charge in [-0.05, 0) is 66.5 Å². The van der Waals surface area contributed by atoms with Crippen LogP contribution in [0.25, 0.3) is 11.4 Å². The van der Waals surface area contributed by atoms with E-state index in [1.165, 1.54) is 62.7 Å². The Morgan fingerprint density at radius 2 is 1.59 bits per heavy atom. The average molecular weight is 688 g/mol. The first-order valence-corrected chi connectivity index (χ1v) is 18.9. The topological polar surface area (TPSA) is 125 Å². The Labute approximate surface area is 295 Å². The number of aromatic nitrogens is 2. The average Bonchev–Trinajstić information content (AvgIpc) is 3.61. The van der Waals surface area contributed by atoms with Gasteiger partial charge in [0, 0.05) is 36.5 Å². The minimum atomic E-state index is -1.00. The zero-order valence-electron chi connectivity index (χ0n) is 29.5. The summed E-state index contributed by atoms with van der Waals surface area (Å²) in [7, 11) is 0. The zero-order valence-corrected chi connectivity index (χ0v) is 30.4. The van der Waals surface area contributed by atoms with E-state index in [1.807, 2.05) is 42.7 Å². The molecular weight excluding hydrogens is 635 g/mol. The number of amides is 2. The lowest BCUT2D eigenvalue weighted by atomic mass is 9.72. The van der Waals surface area contributed by atoms with E-state index in [9.17, 15) is 14.4 Å². The number of nitrogens with zero attached hydrogens (tertiary/aromatic N) is 3. The number of carboxylic acids is 1. The lowest BCUT2D eigenvalue weighted by Gasteiger charge is -2.39. The van der Waals surface area contributed by atoms with Crippen LogP contribution in [0.3, 0.4) is 0 Å². The van der Waals surface area contributed by atoms with Crippen molar-refractivity contribution in [3.63, 3.8) is 0 Å². The number of carbonyl (C=O) groups excluding carboxylic acids is 2. The molecule has 1 aliphatic heterocycles. The molecule has 10 heteroatoms. The van der Waals surface area contributed by atoms with Crippen LogP contribution in [0, 0.1) is 17.8 Å². The number of anilines is 1. The highest BCUT2D eigenvalue weighted by molar-refractivity contribution is 7.14. The molecular formula is C39H53N5O4S. The van der Waals surface area contributed by atoms with Crippen molar-refractivity contribution in [1.82, 2.24) is 20.6 Å². The van der Waals surface area contributed by atoms with E-state index in [2.05, 4.69) is 43.2 Å². The van der Waals surface area contributed by atoms with Gasteiger partial charge in [-0.15, -0.1) is 11.3 Å². The van der Waals surface area contributed by atoms with E-state index in [4.69, 9.17) is 15.1 Å². The molecule has 9 nitrogen and oxygen atoms in total. The summed E-state index contributed by atoms with van der Waals surface area (Å²) in [5.74, 6) is 1.59. The van der Waals surface area contributed by atoms with E-state index in [1.54, 1.807) is 6.07 Å². The third-order valence-electron chi connectivity index (χ3n) is 10.3. The number of carboxylic acid groups (broad SMARTS) is 1. The van der Waals surface area contributed by atoms with Crippen LogP contribution >= 0.6 is 11.3 Å². The number of aliphatic carboxylic acids is 1. The maximum absolute atomic E-state index is 13.2. The molecule has 0 radical (unpaired) electrons. The molecule has 1 aromatic carbocycles. The lowest BCUT2D eigenvalue weighted by molar-refractivity contribution is -0.137. The summed E-state index contributed by atoms with van der Waals surface area (Å²) in [6, 6.07) is 10.5. The van der Waals surface area contributed by atoms with Gasteiger partial charge >= 0.3 is 5.97 Å². The SMILES string of the molecule is CCC[C@H]1CC[C@H](C2CCN(c3cnc(-c4ccc(C[C@H](NC(=O)c5ccc(C(C)(C)C)s5)C(=O)NCCC(=O)O)cc4)nc3)CC2)CC1. The molecule has 5 rings (SSSR count). The molecule has 0 spiro atoms. The molecule has 3 N–H and O–H groups in total. The Balaban J connectivity index is 1.17. The highest BCUT2D eigenvalue weighted by Crippen LogP contribution is 2.39. The van der Waals surface area contributed by atoms with Crippen LogP contribution in [0.4, 0.5) is 5.69 Å². The minimum absolute atomic E-state index is 0.0159. The molecule has 2 aliphatic rings. The number of rotatable bonds is 13. The monoisotopic (exact) mass is 687 g/mol. The summed E-state index contributed by atoms with van der Waals surface area (Å²) in [6.07, 6.45) is 14.8. The van der Waals surface area contributed by atoms with E-state index in [0.717, 1.165) is 52.5 Å². The van der Waals surface area contributed by atoms with Crippen molar-refractivity contribution in [2.75, 3.05) is 24.5 Å². The van der Waals surface area contributed by atoms with E-state index in [-0.39, 0.29) is 30.7 Å². The van der Waals surface area contributed by atoms with Crippen molar-refractivity contribution >= 4 is 34.8 Å². The number of hydrogen-bond donors (Lipinski definition) is 3. The molecule has 1 saturated heterocycles. The predicted octanol–water partition coefficient (Wildman–Crippen LogP) is 7.26. The van der Waals surface area contributed by atoms with Gasteiger partial charge in [-0.25, -0.2) is 9.97 Å². The zero-order chi connectivity index (χ0) is 35.0. The number of nitrogens with one attached hydrogen (secondary N) is 2. The van der Waals surface area contributed by atoms with Crippen molar-refractivity contribution < 1.29 is 19.5 Å². The summed E-state index contributed by atoms with van der Waals surface area (Å²) in [5.41, 5.74) is 2.69. The molecule has 49 heavy (non-hydrogen) atoms. The normalized spacial score (nSPS) is 19.3. The minimum Gasteiger partial charge on any atom is -0.481 e. The third-order valence-corrected chi connectivity index (χ3v) is 11.8. The molecule has 1 saturated carbocycles. The van der Waals surface area contributed by atoms with Crippen molar-refractivity contribution in [3.05, 3.63) is 64.1 Å². The first-order chi connectivity index (χ1) is 23.5. The molecule has 1 atom stereocenters. The number of thiophene rings is 1. The Kier molecular flexibility index (Phi) is 12.5. The fourth-order valence-corrected chi connectivity index (χ4v) is 8.33. The van der Waals surface area contributed by atoms with E-state index >= 15 is 0 Å². The quantitative estimate of drug-likeness (QED) is 0.173. The fourth-order valence-electron chi connectivity index (χ4n) is 7.36. The van der Waals surface area contributed by atoms with Crippen molar-refractivity contribution in [2.45, 2.75) is 103 Å². The van der Waals surface area contributed by atoms with Crippen LogP contribution in [-0.2, 0) is 21.4 Å². The summed E-state index contributed by atoms with van der Waals surface area (Å²) in [4.78, 5) is 50.7. The number of hydrogen-bond acceptors (Lipinski definition) is 7. The van der Waals surface area contributed by atoms with Gasteiger partial charge in [0.1, 0.15) is 6.04 Å². The standard InChI is InChI=1S/C39H53N5O4S/c1-5-6-26-7-11-28(12-8-26)29-18-21-44(22-19-29)31-24-41-36(42-25-31)30-13-9-27(10-14-30)23-32(37(47)40-20-17-35(45)46)43-38(48)33-15-16-34(49-33)39(2,3)4/h9-10,13-16,24-26,28-29,32H,5-8,11-12,17-23H2,1-4H3,(H,40,47)(H,43,48)(H,45,46)/t26-,28-,32-/m0/s1. The van der Waals surface area contributed by atoms with Gasteiger partial charge in [-0.2, -0.15) is 0 Å². The highest BCUT2D eigenvalue weighted by atomic mass is 32.1. The van der Waals surface area contributed by atoms with Gasteiger partial charge in [0.25, 0.3) is 5.91 Å². The number of piperidine rings is 1.